The molecule has 2 aromatic heterocycles. The molecule has 18 heteroatoms. The van der Waals surface area contributed by atoms with Gasteiger partial charge in [-0.2, -0.15) is 0 Å². The molecule has 17 nitrogen and oxygen atoms in total. The Bertz CT molecular complexity index is 2660. The first-order chi connectivity index (χ1) is 30.5. The quantitative estimate of drug-likeness (QED) is 0.0720. The molecule has 0 spiro atoms. The number of carbonyl (C=O) groups excluding carboxylic acids is 6. The first-order valence-corrected chi connectivity index (χ1v) is 21.0. The van der Waals surface area contributed by atoms with Crippen molar-refractivity contribution in [1.82, 2.24) is 24.1 Å². The highest BCUT2D eigenvalue weighted by atomic mass is 35.5. The number of halogens is 1. The van der Waals surface area contributed by atoms with E-state index >= 15 is 0 Å². The number of amides is 6. The summed E-state index contributed by atoms with van der Waals surface area (Å²) in [6.45, 7) is 7.25. The summed E-state index contributed by atoms with van der Waals surface area (Å²) in [4.78, 5) is 89.2. The van der Waals surface area contributed by atoms with Crippen LogP contribution in [0.4, 0.5) is 21.0 Å². The zero-order valence-corrected chi connectivity index (χ0v) is 37.0. The van der Waals surface area contributed by atoms with E-state index in [0.717, 1.165) is 33.6 Å². The highest BCUT2D eigenvalue weighted by Gasteiger charge is 2.37. The van der Waals surface area contributed by atoms with Crippen molar-refractivity contribution in [3.05, 3.63) is 108 Å². The number of nitrogens with one attached hydrogen (secondary N) is 1. The van der Waals surface area contributed by atoms with Crippen LogP contribution in [0.25, 0.3) is 16.4 Å². The molecule has 2 aliphatic rings. The van der Waals surface area contributed by atoms with Gasteiger partial charge >= 0.3 is 12.2 Å². The minimum atomic E-state index is -0.812. The van der Waals surface area contributed by atoms with Crippen molar-refractivity contribution < 1.29 is 47.7 Å². The fourth-order valence-electron chi connectivity index (χ4n) is 7.45. The van der Waals surface area contributed by atoms with Gasteiger partial charge in [0.15, 0.2) is 6.79 Å². The summed E-state index contributed by atoms with van der Waals surface area (Å²) in [7, 11) is 3.05. The number of pyridine rings is 1. The summed E-state index contributed by atoms with van der Waals surface area (Å²) in [6, 6.07) is 17.2. The molecule has 0 fully saturated rings. The number of nitrogens with zero attached hydrogens (tertiary/aromatic N) is 6. The van der Waals surface area contributed by atoms with Crippen LogP contribution < -0.4 is 19.7 Å². The third kappa shape index (κ3) is 9.80. The number of hydrogen-bond donors (Lipinski definition) is 1. The van der Waals surface area contributed by atoms with Gasteiger partial charge in [0.1, 0.15) is 28.4 Å². The van der Waals surface area contributed by atoms with Crippen LogP contribution in [0.15, 0.2) is 85.2 Å². The van der Waals surface area contributed by atoms with Crippen molar-refractivity contribution in [3.63, 3.8) is 0 Å². The van der Waals surface area contributed by atoms with Crippen LogP contribution in [-0.4, -0.2) is 125 Å². The van der Waals surface area contributed by atoms with E-state index in [9.17, 15) is 28.8 Å². The Morgan fingerprint density at radius 1 is 0.938 bits per heavy atom. The van der Waals surface area contributed by atoms with E-state index in [2.05, 4.69) is 10.3 Å². The van der Waals surface area contributed by atoms with Crippen molar-refractivity contribution in [2.75, 3.05) is 69.8 Å². The number of aryl methyl sites for hydroxylation is 1. The topological polar surface area (TPSA) is 182 Å². The van der Waals surface area contributed by atoms with Gasteiger partial charge in [0.05, 0.1) is 11.4 Å². The fraction of sp³-hybridized carbons (Fsp3) is 0.326. The lowest BCUT2D eigenvalue weighted by Gasteiger charge is -2.28. The normalized spacial score (nSPS) is 14.6. The van der Waals surface area contributed by atoms with Crippen molar-refractivity contribution in [1.29, 1.82) is 0 Å². The third-order valence-corrected chi connectivity index (χ3v) is 11.0. The molecule has 0 bridgehead atoms. The Balaban J connectivity index is 1.15. The molecule has 0 saturated heterocycles. The third-order valence-electron chi connectivity index (χ3n) is 10.6. The predicted molar refractivity (Wildman–Crippen MR) is 238 cm³/mol. The van der Waals surface area contributed by atoms with E-state index in [-0.39, 0.29) is 68.7 Å². The van der Waals surface area contributed by atoms with Crippen LogP contribution in [-0.2, 0) is 19.1 Å². The van der Waals surface area contributed by atoms with E-state index in [1.54, 1.807) is 84.9 Å². The van der Waals surface area contributed by atoms with Crippen LogP contribution in [0.5, 0.6) is 11.5 Å². The fourth-order valence-corrected chi connectivity index (χ4v) is 7.71. The monoisotopic (exact) mass is 893 g/mol. The number of alkyl halides is 1. The molecule has 1 N–H and O–H groups in total. The lowest BCUT2D eigenvalue weighted by Crippen LogP contribution is -2.46. The maximum Gasteiger partial charge on any atom is 0.415 e. The van der Waals surface area contributed by atoms with Crippen molar-refractivity contribution >= 4 is 75.2 Å². The van der Waals surface area contributed by atoms with Crippen LogP contribution >= 0.6 is 11.6 Å². The zero-order valence-electron chi connectivity index (χ0n) is 36.3. The molecule has 4 heterocycles. The molecule has 6 amide bonds. The van der Waals surface area contributed by atoms with Gasteiger partial charge in [-0.1, -0.05) is 18.2 Å². The molecule has 0 unspecified atom stereocenters. The summed E-state index contributed by atoms with van der Waals surface area (Å²) in [5, 5.41) is 4.25. The molecule has 1 atom stereocenters. The Labute approximate surface area is 374 Å². The lowest BCUT2D eigenvalue weighted by atomic mass is 9.92. The molecule has 5 aromatic rings. The number of carbonyl (C=O) groups is 6. The van der Waals surface area contributed by atoms with E-state index < -0.39 is 35.5 Å². The second-order valence-corrected chi connectivity index (χ2v) is 16.6. The van der Waals surface area contributed by atoms with Crippen molar-refractivity contribution in [2.45, 2.75) is 39.2 Å². The number of ether oxygens (including phenoxy) is 4. The summed E-state index contributed by atoms with van der Waals surface area (Å²) < 4.78 is 23.6. The molecular formula is C46H48ClN7O10. The van der Waals surface area contributed by atoms with Crippen LogP contribution in [0.2, 0.25) is 0 Å². The van der Waals surface area contributed by atoms with Gasteiger partial charge in [0.25, 0.3) is 23.6 Å². The Hall–Kier alpha value is -6.98. The molecule has 334 valence electrons. The highest BCUT2D eigenvalue weighted by molar-refractivity contribution is 6.19. The summed E-state index contributed by atoms with van der Waals surface area (Å²) in [6.07, 6.45) is 4.15. The van der Waals surface area contributed by atoms with Crippen molar-refractivity contribution in [2.24, 2.45) is 0 Å². The molecular weight excluding hydrogens is 846 g/mol. The number of benzene rings is 3. The molecule has 0 aliphatic carbocycles. The summed E-state index contributed by atoms with van der Waals surface area (Å²) >= 11 is 6.60. The molecule has 7 rings (SSSR count). The SMILES string of the molecule is COCOc1ccc(C(=O)Nc2ccc3nc(C(=O)N4C[C@@H](CCl)c5c4cc(OC(=O)N(CCN(C)C(=O)OC(C)(C)C)CCN4C(=O)C=CC4=O)c4cccc(C)c54)cn3c2)cc1. The molecule has 0 saturated carbocycles. The average molecular weight is 894 g/mol. The number of hydrogen-bond acceptors (Lipinski definition) is 11. The van der Waals surface area contributed by atoms with E-state index in [1.807, 2.05) is 25.1 Å². The lowest BCUT2D eigenvalue weighted by molar-refractivity contribution is -0.137. The Morgan fingerprint density at radius 2 is 1.67 bits per heavy atom. The second kappa shape index (κ2) is 18.8. The number of imidazole rings is 1. The number of methoxy groups -OCH3 is 1. The largest absolute Gasteiger partial charge is 0.468 e. The van der Waals surface area contributed by atoms with Gasteiger partial charge < -0.3 is 43.4 Å². The first kappa shape index (κ1) is 45.1. The zero-order chi connectivity index (χ0) is 45.9. The molecule has 3 aromatic carbocycles. The predicted octanol–water partition coefficient (Wildman–Crippen LogP) is 6.61. The Kier molecular flexibility index (Phi) is 13.2. The van der Waals surface area contributed by atoms with Gasteiger partial charge in [-0.3, -0.25) is 24.1 Å². The van der Waals surface area contributed by atoms with Gasteiger partial charge in [-0.05, 0) is 80.6 Å². The number of anilines is 2. The van der Waals surface area contributed by atoms with Gasteiger partial charge in [0.2, 0.25) is 0 Å². The number of rotatable bonds is 14. The Morgan fingerprint density at radius 3 is 2.36 bits per heavy atom. The average Bonchev–Trinajstić information content (AvgIpc) is 3.96. The van der Waals surface area contributed by atoms with Gasteiger partial charge in [0, 0.05) is 100 Å². The summed E-state index contributed by atoms with van der Waals surface area (Å²) in [5.74, 6) is -1.16. The number of fused-ring (bicyclic) bond motifs is 4. The highest BCUT2D eigenvalue weighted by Crippen LogP contribution is 2.47. The van der Waals surface area contributed by atoms with Crippen LogP contribution in [0.3, 0.4) is 0 Å². The number of imide groups is 1. The van der Waals surface area contributed by atoms with Crippen LogP contribution in [0.1, 0.15) is 58.7 Å². The van der Waals surface area contributed by atoms with E-state index in [0.29, 0.717) is 33.7 Å². The minimum Gasteiger partial charge on any atom is -0.468 e. The second-order valence-electron chi connectivity index (χ2n) is 16.3. The molecule has 64 heavy (non-hydrogen) atoms. The van der Waals surface area contributed by atoms with E-state index in [4.69, 9.17) is 30.5 Å². The molecule has 0 radical (unpaired) electrons. The number of aromatic nitrogens is 2. The standard InChI is InChI=1S/C46H48ClN7O10/c1-28-8-7-9-33-36(63-45(60)51(20-21-53-38(55)16-17-39(53)56)19-18-50(5)44(59)64-46(2,3)4)22-35-41(40(28)33)30(23-47)24-54(35)43(58)34-26-52-25-31(12-15-37(52)49-34)48-42(57)29-10-13-32(14-11-29)62-27-61-6/h7-17,22,25-26,30H,18-21,23-24,27H2,1-6H3,(H,48,57)/t30-/m1/s1. The van der Waals surface area contributed by atoms with Gasteiger partial charge in [-0.25, -0.2) is 14.6 Å². The number of likely N-dealkylation sites (N-methyl/N-ethyl adjacent to an activating group) is 1. The summed E-state index contributed by atoms with van der Waals surface area (Å²) in [5.41, 5.74) is 2.88. The molecule has 2 aliphatic heterocycles. The first-order valence-electron chi connectivity index (χ1n) is 20.5. The minimum absolute atomic E-state index is 0.0316. The maximum atomic E-state index is 14.5. The maximum absolute atomic E-state index is 14.5. The van der Waals surface area contributed by atoms with E-state index in [1.165, 1.54) is 24.0 Å². The smallest absolute Gasteiger partial charge is 0.415 e. The van der Waals surface area contributed by atoms with Gasteiger partial charge in [-0.15, -0.1) is 11.6 Å². The van der Waals surface area contributed by atoms with Crippen LogP contribution in [0, 0.1) is 6.92 Å². The van der Waals surface area contributed by atoms with Crippen molar-refractivity contribution in [3.8, 4) is 11.5 Å².